The summed E-state index contributed by atoms with van der Waals surface area (Å²) in [5, 5.41) is 2.61. The third kappa shape index (κ3) is 10.8. The summed E-state index contributed by atoms with van der Waals surface area (Å²) in [5.41, 5.74) is 5.27. The topological polar surface area (TPSA) is 90.7 Å². The Kier molecular flexibility index (Phi) is 12.1. The van der Waals surface area contributed by atoms with Crippen LogP contribution in [0.25, 0.3) is 0 Å². The van der Waals surface area contributed by atoms with Gasteiger partial charge in [-0.05, 0) is 19.3 Å². The van der Waals surface area contributed by atoms with Crippen LogP contribution in [0, 0.1) is 0 Å². The molecule has 0 heterocycles. The average molecular weight is 288 g/mol. The Bertz CT molecular complexity index is 272. The minimum atomic E-state index is -0.592. The second kappa shape index (κ2) is 12.9. The van der Waals surface area contributed by atoms with Crippen molar-refractivity contribution < 1.29 is 19.1 Å². The summed E-state index contributed by atoms with van der Waals surface area (Å²) < 4.78 is 10.1. The summed E-state index contributed by atoms with van der Waals surface area (Å²) in [6, 6.07) is -0.592. The molecule has 118 valence electrons. The number of nitrogens with two attached hydrogens (primary N) is 1. The smallest absolute Gasteiger partial charge is 0.246 e. The van der Waals surface area contributed by atoms with E-state index in [2.05, 4.69) is 12.2 Å². The number of methoxy groups -OCH3 is 1. The first-order valence-electron chi connectivity index (χ1n) is 7.27. The van der Waals surface area contributed by atoms with Crippen molar-refractivity contribution in [1.82, 2.24) is 5.32 Å². The van der Waals surface area contributed by atoms with Crippen LogP contribution in [-0.4, -0.2) is 44.8 Å². The van der Waals surface area contributed by atoms with Crippen LogP contribution in [0.2, 0.25) is 0 Å². The number of carbonyl (C=O) groups excluding carboxylic acids is 2. The highest BCUT2D eigenvalue weighted by Crippen LogP contribution is 2.03. The molecule has 0 bridgehead atoms. The molecule has 0 unspecified atom stereocenters. The summed E-state index contributed by atoms with van der Waals surface area (Å²) in [6.45, 7) is 3.24. The summed E-state index contributed by atoms with van der Waals surface area (Å²) in [4.78, 5) is 22.8. The number of carbonyl (C=O) groups is 2. The largest absolute Gasteiger partial charge is 0.385 e. The maximum absolute atomic E-state index is 11.6. The molecule has 0 saturated carbocycles. The standard InChI is InChI=1S/C14H28N2O4/c1-3-4-5-8-12(14(15)18)16-13(17)11-20-10-7-6-9-19-2/h12H,3-11H2,1-2H3,(H2,15,18)(H,16,17)/t12-/m0/s1. The Morgan fingerprint density at radius 2 is 1.85 bits per heavy atom. The molecule has 0 fully saturated rings. The first-order valence-corrected chi connectivity index (χ1v) is 7.27. The molecule has 0 aliphatic rings. The first-order chi connectivity index (χ1) is 9.61. The number of unbranched alkanes of at least 4 members (excludes halogenated alkanes) is 3. The fraction of sp³-hybridized carbons (Fsp3) is 0.857. The third-order valence-electron chi connectivity index (χ3n) is 2.90. The molecule has 0 aromatic carbocycles. The zero-order valence-electron chi connectivity index (χ0n) is 12.7. The number of hydrogen-bond acceptors (Lipinski definition) is 4. The van der Waals surface area contributed by atoms with Crippen molar-refractivity contribution in [3.05, 3.63) is 0 Å². The fourth-order valence-corrected chi connectivity index (χ4v) is 1.74. The maximum atomic E-state index is 11.6. The van der Waals surface area contributed by atoms with E-state index in [1.165, 1.54) is 0 Å². The Morgan fingerprint density at radius 3 is 2.45 bits per heavy atom. The van der Waals surface area contributed by atoms with E-state index in [0.717, 1.165) is 32.1 Å². The van der Waals surface area contributed by atoms with Crippen LogP contribution in [0.1, 0.15) is 45.4 Å². The van der Waals surface area contributed by atoms with Gasteiger partial charge in [0.25, 0.3) is 0 Å². The van der Waals surface area contributed by atoms with Crippen LogP contribution in [0.3, 0.4) is 0 Å². The van der Waals surface area contributed by atoms with Crippen LogP contribution in [0.15, 0.2) is 0 Å². The highest BCUT2D eigenvalue weighted by molar-refractivity contribution is 5.86. The minimum absolute atomic E-state index is 0.0372. The van der Waals surface area contributed by atoms with E-state index in [0.29, 0.717) is 19.6 Å². The number of hydrogen-bond donors (Lipinski definition) is 2. The van der Waals surface area contributed by atoms with Crippen molar-refractivity contribution in [2.45, 2.75) is 51.5 Å². The van der Waals surface area contributed by atoms with Crippen molar-refractivity contribution in [2.75, 3.05) is 26.9 Å². The number of amides is 2. The summed E-state index contributed by atoms with van der Waals surface area (Å²) in [7, 11) is 1.65. The van der Waals surface area contributed by atoms with Crippen LogP contribution >= 0.6 is 0 Å². The number of nitrogens with one attached hydrogen (secondary N) is 1. The van der Waals surface area contributed by atoms with Gasteiger partial charge >= 0.3 is 0 Å². The van der Waals surface area contributed by atoms with Gasteiger partial charge in [0, 0.05) is 20.3 Å². The van der Waals surface area contributed by atoms with Crippen molar-refractivity contribution >= 4 is 11.8 Å². The molecule has 0 aliphatic heterocycles. The van der Waals surface area contributed by atoms with Gasteiger partial charge < -0.3 is 20.5 Å². The van der Waals surface area contributed by atoms with Crippen LogP contribution in [0.4, 0.5) is 0 Å². The summed E-state index contributed by atoms with van der Waals surface area (Å²) in [6.07, 6.45) is 5.29. The second-order valence-electron chi connectivity index (χ2n) is 4.77. The zero-order chi connectivity index (χ0) is 15.2. The summed E-state index contributed by atoms with van der Waals surface area (Å²) >= 11 is 0. The second-order valence-corrected chi connectivity index (χ2v) is 4.77. The molecule has 2 amide bonds. The monoisotopic (exact) mass is 288 g/mol. The number of primary amides is 1. The van der Waals surface area contributed by atoms with E-state index in [4.69, 9.17) is 15.2 Å². The molecule has 6 heteroatoms. The van der Waals surface area contributed by atoms with Crippen molar-refractivity contribution in [3.63, 3.8) is 0 Å². The van der Waals surface area contributed by atoms with Gasteiger partial charge in [-0.1, -0.05) is 26.2 Å². The van der Waals surface area contributed by atoms with E-state index in [1.807, 2.05) is 0 Å². The van der Waals surface area contributed by atoms with Gasteiger partial charge in [0.2, 0.25) is 11.8 Å². The Hall–Kier alpha value is -1.14. The molecule has 6 nitrogen and oxygen atoms in total. The van der Waals surface area contributed by atoms with Crippen LogP contribution in [-0.2, 0) is 19.1 Å². The SMILES string of the molecule is CCCCC[C@H](NC(=O)COCCCCOC)C(N)=O. The van der Waals surface area contributed by atoms with Crippen LogP contribution in [0.5, 0.6) is 0 Å². The van der Waals surface area contributed by atoms with E-state index in [1.54, 1.807) is 7.11 Å². The highest BCUT2D eigenvalue weighted by atomic mass is 16.5. The van der Waals surface area contributed by atoms with Gasteiger partial charge in [0.1, 0.15) is 12.6 Å². The maximum Gasteiger partial charge on any atom is 0.246 e. The summed E-state index contributed by atoms with van der Waals surface area (Å²) in [5.74, 6) is -0.786. The predicted octanol–water partition coefficient (Wildman–Crippen LogP) is 0.980. The molecule has 3 N–H and O–H groups in total. The van der Waals surface area contributed by atoms with E-state index in [-0.39, 0.29) is 12.5 Å². The predicted molar refractivity (Wildman–Crippen MR) is 77.2 cm³/mol. The molecule has 1 atom stereocenters. The lowest BCUT2D eigenvalue weighted by Crippen LogP contribution is -2.45. The first kappa shape index (κ1) is 18.9. The fourth-order valence-electron chi connectivity index (χ4n) is 1.74. The Morgan fingerprint density at radius 1 is 1.15 bits per heavy atom. The highest BCUT2D eigenvalue weighted by Gasteiger charge is 2.17. The molecule has 0 aliphatic carbocycles. The molecule has 0 saturated heterocycles. The molecule has 0 spiro atoms. The molecule has 0 rings (SSSR count). The van der Waals surface area contributed by atoms with Gasteiger partial charge in [0.15, 0.2) is 0 Å². The lowest BCUT2D eigenvalue weighted by molar-refractivity contribution is -0.130. The molecule has 20 heavy (non-hydrogen) atoms. The van der Waals surface area contributed by atoms with Crippen molar-refractivity contribution in [3.8, 4) is 0 Å². The molecule has 0 aromatic heterocycles. The van der Waals surface area contributed by atoms with Crippen molar-refractivity contribution in [2.24, 2.45) is 5.73 Å². The average Bonchev–Trinajstić information content (AvgIpc) is 2.41. The van der Waals surface area contributed by atoms with Gasteiger partial charge in [-0.25, -0.2) is 0 Å². The minimum Gasteiger partial charge on any atom is -0.385 e. The molecular formula is C14H28N2O4. The van der Waals surface area contributed by atoms with Crippen LogP contribution < -0.4 is 11.1 Å². The van der Waals surface area contributed by atoms with Gasteiger partial charge in [-0.15, -0.1) is 0 Å². The van der Waals surface area contributed by atoms with Gasteiger partial charge in [-0.2, -0.15) is 0 Å². The molecular weight excluding hydrogens is 260 g/mol. The number of ether oxygens (including phenoxy) is 2. The zero-order valence-corrected chi connectivity index (χ0v) is 12.7. The third-order valence-corrected chi connectivity index (χ3v) is 2.90. The quantitative estimate of drug-likeness (QED) is 0.494. The molecule has 0 radical (unpaired) electrons. The van der Waals surface area contributed by atoms with Crippen molar-refractivity contribution in [1.29, 1.82) is 0 Å². The van der Waals surface area contributed by atoms with E-state index < -0.39 is 11.9 Å². The van der Waals surface area contributed by atoms with Gasteiger partial charge in [-0.3, -0.25) is 9.59 Å². The lowest BCUT2D eigenvalue weighted by atomic mass is 10.1. The Labute approximate surface area is 121 Å². The normalized spacial score (nSPS) is 12.1. The van der Waals surface area contributed by atoms with E-state index >= 15 is 0 Å². The Balaban J connectivity index is 3.75. The number of rotatable bonds is 13. The van der Waals surface area contributed by atoms with Gasteiger partial charge in [0.05, 0.1) is 0 Å². The van der Waals surface area contributed by atoms with E-state index in [9.17, 15) is 9.59 Å². The lowest BCUT2D eigenvalue weighted by Gasteiger charge is -2.15. The molecule has 0 aromatic rings.